The summed E-state index contributed by atoms with van der Waals surface area (Å²) < 4.78 is 2.02. The fourth-order valence-electron chi connectivity index (χ4n) is 2.54. The van der Waals surface area contributed by atoms with Crippen LogP contribution in [0, 0.1) is 0 Å². The van der Waals surface area contributed by atoms with Gasteiger partial charge in [0, 0.05) is 11.9 Å². The summed E-state index contributed by atoms with van der Waals surface area (Å²) in [6.07, 6.45) is 0. The Balaban J connectivity index is 1.77. The minimum absolute atomic E-state index is 0.0615. The molecule has 0 radical (unpaired) electrons. The first kappa shape index (κ1) is 15.6. The topological polar surface area (TPSA) is 46.9 Å². The average molecular weight is 325 g/mol. The van der Waals surface area contributed by atoms with E-state index in [-0.39, 0.29) is 5.91 Å². The van der Waals surface area contributed by atoms with Gasteiger partial charge in [0.15, 0.2) is 0 Å². The molecular formula is C18H19N3OS. The molecule has 0 spiro atoms. The molecule has 0 unspecified atom stereocenters. The second-order valence-electron chi connectivity index (χ2n) is 5.19. The number of thioether (sulfide) groups is 1. The number of carbonyl (C=O) groups excluding carboxylic acids is 1. The molecule has 0 saturated heterocycles. The molecular weight excluding hydrogens is 306 g/mol. The van der Waals surface area contributed by atoms with Crippen molar-refractivity contribution in [2.45, 2.75) is 18.4 Å². The third-order valence-corrected chi connectivity index (χ3v) is 4.67. The van der Waals surface area contributed by atoms with Gasteiger partial charge >= 0.3 is 0 Å². The molecule has 2 aromatic carbocycles. The molecule has 0 bridgehead atoms. The van der Waals surface area contributed by atoms with Gasteiger partial charge in [0.25, 0.3) is 5.91 Å². The molecule has 1 N–H and O–H groups in total. The first-order chi connectivity index (χ1) is 11.2. The van der Waals surface area contributed by atoms with E-state index in [1.807, 2.05) is 60.1 Å². The fourth-order valence-corrected chi connectivity index (χ4v) is 3.35. The number of rotatable bonds is 5. The van der Waals surface area contributed by atoms with Gasteiger partial charge in [-0.1, -0.05) is 31.2 Å². The first-order valence-electron chi connectivity index (χ1n) is 7.61. The molecule has 5 heteroatoms. The molecule has 1 heterocycles. The van der Waals surface area contributed by atoms with E-state index in [0.29, 0.717) is 6.54 Å². The number of nitrogens with one attached hydrogen (secondary N) is 1. The number of imidazole rings is 1. The van der Waals surface area contributed by atoms with Gasteiger partial charge in [-0.05, 0) is 30.0 Å². The monoisotopic (exact) mass is 325 g/mol. The summed E-state index contributed by atoms with van der Waals surface area (Å²) in [7, 11) is 1.97. The van der Waals surface area contributed by atoms with Crippen LogP contribution in [0.3, 0.4) is 0 Å². The van der Waals surface area contributed by atoms with Crippen molar-refractivity contribution in [3.8, 4) is 0 Å². The van der Waals surface area contributed by atoms with Crippen LogP contribution < -0.4 is 5.32 Å². The normalized spacial score (nSPS) is 10.9. The molecule has 1 amide bonds. The zero-order chi connectivity index (χ0) is 16.2. The maximum absolute atomic E-state index is 12.5. The van der Waals surface area contributed by atoms with Crippen LogP contribution in [0.25, 0.3) is 11.0 Å². The van der Waals surface area contributed by atoms with Crippen molar-refractivity contribution in [2.24, 2.45) is 7.05 Å². The number of hydrogen-bond acceptors (Lipinski definition) is 3. The Hall–Kier alpha value is -2.27. The number of fused-ring (bicyclic) bond motifs is 1. The van der Waals surface area contributed by atoms with Gasteiger partial charge in [0.1, 0.15) is 5.82 Å². The molecule has 4 nitrogen and oxygen atoms in total. The second kappa shape index (κ2) is 6.87. The molecule has 0 saturated carbocycles. The standard InChI is InChI=1S/C18H19N3OS/c1-3-23-16-11-7-4-8-13(16)18(22)19-12-17-20-14-9-5-6-10-15(14)21(17)2/h4-11H,3,12H2,1-2H3,(H,19,22). The van der Waals surface area contributed by atoms with Crippen molar-refractivity contribution >= 4 is 28.7 Å². The van der Waals surface area contributed by atoms with Crippen LogP contribution in [0.4, 0.5) is 0 Å². The summed E-state index contributed by atoms with van der Waals surface area (Å²) >= 11 is 1.68. The summed E-state index contributed by atoms with van der Waals surface area (Å²) in [4.78, 5) is 18.1. The third kappa shape index (κ3) is 3.24. The highest BCUT2D eigenvalue weighted by atomic mass is 32.2. The summed E-state index contributed by atoms with van der Waals surface area (Å²) in [5.41, 5.74) is 2.73. The third-order valence-electron chi connectivity index (χ3n) is 3.72. The quantitative estimate of drug-likeness (QED) is 0.729. The molecule has 0 fully saturated rings. The Morgan fingerprint density at radius 2 is 1.91 bits per heavy atom. The summed E-state index contributed by atoms with van der Waals surface area (Å²) in [6, 6.07) is 15.7. The zero-order valence-corrected chi connectivity index (χ0v) is 14.1. The van der Waals surface area contributed by atoms with E-state index in [1.54, 1.807) is 11.8 Å². The Morgan fingerprint density at radius 1 is 1.17 bits per heavy atom. The maximum Gasteiger partial charge on any atom is 0.252 e. The van der Waals surface area contributed by atoms with Gasteiger partial charge in [0.2, 0.25) is 0 Å². The number of aromatic nitrogens is 2. The second-order valence-corrected chi connectivity index (χ2v) is 6.49. The zero-order valence-electron chi connectivity index (χ0n) is 13.2. The molecule has 0 aliphatic heterocycles. The van der Waals surface area contributed by atoms with Gasteiger partial charge in [-0.2, -0.15) is 0 Å². The molecule has 118 valence electrons. The highest BCUT2D eigenvalue weighted by Gasteiger charge is 2.12. The fraction of sp³-hybridized carbons (Fsp3) is 0.222. The van der Waals surface area contributed by atoms with Crippen molar-refractivity contribution in [2.75, 3.05) is 5.75 Å². The van der Waals surface area contributed by atoms with Crippen molar-refractivity contribution in [3.05, 3.63) is 59.9 Å². The number of para-hydroxylation sites is 2. The van der Waals surface area contributed by atoms with E-state index in [4.69, 9.17) is 0 Å². The van der Waals surface area contributed by atoms with Crippen LogP contribution in [0.5, 0.6) is 0 Å². The van der Waals surface area contributed by atoms with Crippen molar-refractivity contribution in [1.29, 1.82) is 0 Å². The highest BCUT2D eigenvalue weighted by Crippen LogP contribution is 2.22. The lowest BCUT2D eigenvalue weighted by molar-refractivity contribution is 0.0946. The number of hydrogen-bond donors (Lipinski definition) is 1. The predicted octanol–water partition coefficient (Wildman–Crippen LogP) is 3.62. The first-order valence-corrected chi connectivity index (χ1v) is 8.59. The summed E-state index contributed by atoms with van der Waals surface area (Å²) in [5, 5.41) is 2.98. The van der Waals surface area contributed by atoms with E-state index >= 15 is 0 Å². The van der Waals surface area contributed by atoms with E-state index in [2.05, 4.69) is 17.2 Å². The lowest BCUT2D eigenvalue weighted by atomic mass is 10.2. The number of aryl methyl sites for hydroxylation is 1. The van der Waals surface area contributed by atoms with E-state index in [0.717, 1.165) is 33.1 Å². The lowest BCUT2D eigenvalue weighted by Gasteiger charge is -2.09. The average Bonchev–Trinajstić information content (AvgIpc) is 2.90. The van der Waals surface area contributed by atoms with Crippen LogP contribution in [0.2, 0.25) is 0 Å². The molecule has 1 aromatic heterocycles. The van der Waals surface area contributed by atoms with Gasteiger partial charge in [0.05, 0.1) is 23.1 Å². The molecule has 0 aliphatic carbocycles. The molecule has 3 aromatic rings. The number of carbonyl (C=O) groups is 1. The van der Waals surface area contributed by atoms with Crippen molar-refractivity contribution < 1.29 is 4.79 Å². The Labute approximate surface area is 139 Å². The largest absolute Gasteiger partial charge is 0.345 e. The molecule has 0 aliphatic rings. The van der Waals surface area contributed by atoms with Crippen LogP contribution in [-0.4, -0.2) is 21.2 Å². The van der Waals surface area contributed by atoms with Crippen LogP contribution >= 0.6 is 11.8 Å². The van der Waals surface area contributed by atoms with Crippen LogP contribution in [0.15, 0.2) is 53.4 Å². The van der Waals surface area contributed by atoms with Crippen molar-refractivity contribution in [1.82, 2.24) is 14.9 Å². The molecule has 23 heavy (non-hydrogen) atoms. The minimum Gasteiger partial charge on any atom is -0.345 e. The van der Waals surface area contributed by atoms with Gasteiger partial charge in [-0.25, -0.2) is 4.98 Å². The van der Waals surface area contributed by atoms with Crippen molar-refractivity contribution in [3.63, 3.8) is 0 Å². The van der Waals surface area contributed by atoms with Crippen LogP contribution in [-0.2, 0) is 13.6 Å². The number of benzene rings is 2. The summed E-state index contributed by atoms with van der Waals surface area (Å²) in [5.74, 6) is 1.73. The van der Waals surface area contributed by atoms with E-state index in [9.17, 15) is 4.79 Å². The Kier molecular flexibility index (Phi) is 4.67. The van der Waals surface area contributed by atoms with E-state index < -0.39 is 0 Å². The maximum atomic E-state index is 12.5. The van der Waals surface area contributed by atoms with Gasteiger partial charge in [-0.15, -0.1) is 11.8 Å². The predicted molar refractivity (Wildman–Crippen MR) is 94.7 cm³/mol. The Morgan fingerprint density at radius 3 is 2.70 bits per heavy atom. The smallest absolute Gasteiger partial charge is 0.252 e. The highest BCUT2D eigenvalue weighted by molar-refractivity contribution is 7.99. The SMILES string of the molecule is CCSc1ccccc1C(=O)NCc1nc2ccccc2n1C. The minimum atomic E-state index is -0.0615. The van der Waals surface area contributed by atoms with Gasteiger partial charge in [-0.3, -0.25) is 4.79 Å². The lowest BCUT2D eigenvalue weighted by Crippen LogP contribution is -2.24. The Bertz CT molecular complexity index is 841. The van der Waals surface area contributed by atoms with Gasteiger partial charge < -0.3 is 9.88 Å². The summed E-state index contributed by atoms with van der Waals surface area (Å²) in [6.45, 7) is 2.49. The van der Waals surface area contributed by atoms with Crippen LogP contribution in [0.1, 0.15) is 23.1 Å². The number of nitrogens with zero attached hydrogens (tertiary/aromatic N) is 2. The molecule has 3 rings (SSSR count). The van der Waals surface area contributed by atoms with E-state index in [1.165, 1.54) is 0 Å². The molecule has 0 atom stereocenters. The number of amides is 1.